The van der Waals surface area contributed by atoms with Crippen LogP contribution in [-0.2, 0) is 9.59 Å². The fourth-order valence-corrected chi connectivity index (χ4v) is 2.60. The number of hydrogen-bond donors (Lipinski definition) is 2. The van der Waals surface area contributed by atoms with Crippen molar-refractivity contribution in [3.8, 4) is 0 Å². The Balaban J connectivity index is 1.72. The maximum atomic E-state index is 12.3. The lowest BCUT2D eigenvalue weighted by Gasteiger charge is -2.23. The monoisotopic (exact) mass is 309 g/mol. The molecule has 1 aliphatic heterocycles. The number of aryl methyl sites for hydroxylation is 1. The molecule has 0 saturated heterocycles. The minimum Gasteiger partial charge on any atom is -0.360 e. The third-order valence-electron chi connectivity index (χ3n) is 3.80. The average molecular weight is 309 g/mol. The van der Waals surface area contributed by atoms with Crippen LogP contribution in [0.3, 0.4) is 0 Å². The smallest absolute Gasteiger partial charge is 0.243 e. The third-order valence-corrected chi connectivity index (χ3v) is 3.80. The molecule has 0 fully saturated rings. The number of nitrogens with zero attached hydrogens (tertiary/aromatic N) is 1. The quantitative estimate of drug-likeness (QED) is 0.916. The van der Waals surface area contributed by atoms with Gasteiger partial charge in [0.15, 0.2) is 0 Å². The predicted octanol–water partition coefficient (Wildman–Crippen LogP) is 2.78. The summed E-state index contributed by atoms with van der Waals surface area (Å²) in [6.07, 6.45) is 0.368. The molecule has 1 heterocycles. The lowest BCUT2D eigenvalue weighted by Crippen LogP contribution is -2.34. The van der Waals surface area contributed by atoms with Crippen LogP contribution in [0, 0.1) is 6.92 Å². The summed E-state index contributed by atoms with van der Waals surface area (Å²) in [5, 5.41) is 5.76. The van der Waals surface area contributed by atoms with E-state index in [1.807, 2.05) is 60.4 Å². The first kappa shape index (κ1) is 15.1. The van der Waals surface area contributed by atoms with Gasteiger partial charge in [0.25, 0.3) is 0 Å². The van der Waals surface area contributed by atoms with Crippen molar-refractivity contribution in [1.82, 2.24) is 0 Å². The second-order valence-corrected chi connectivity index (χ2v) is 5.65. The van der Waals surface area contributed by atoms with Crippen LogP contribution < -0.4 is 15.5 Å². The van der Waals surface area contributed by atoms with Crippen LogP contribution in [0.4, 0.5) is 17.1 Å². The highest BCUT2D eigenvalue weighted by Gasteiger charge is 2.20. The van der Waals surface area contributed by atoms with Crippen molar-refractivity contribution in [2.45, 2.75) is 13.3 Å². The van der Waals surface area contributed by atoms with Gasteiger partial charge in [-0.1, -0.05) is 29.8 Å². The molecule has 2 aromatic rings. The molecule has 3 rings (SSSR count). The van der Waals surface area contributed by atoms with E-state index in [9.17, 15) is 9.59 Å². The zero-order valence-electron chi connectivity index (χ0n) is 13.0. The fourth-order valence-electron chi connectivity index (χ4n) is 2.60. The van der Waals surface area contributed by atoms with Gasteiger partial charge in [0.1, 0.15) is 0 Å². The Morgan fingerprint density at radius 3 is 2.70 bits per heavy atom. The fraction of sp³-hybridized carbons (Fsp3) is 0.222. The molecule has 0 aromatic heterocycles. The Morgan fingerprint density at radius 2 is 1.91 bits per heavy atom. The molecule has 0 atom stereocenters. The maximum absolute atomic E-state index is 12.3. The van der Waals surface area contributed by atoms with Gasteiger partial charge < -0.3 is 15.5 Å². The van der Waals surface area contributed by atoms with Gasteiger partial charge in [-0.25, -0.2) is 0 Å². The summed E-state index contributed by atoms with van der Waals surface area (Å²) < 4.78 is 0. The molecule has 5 heteroatoms. The van der Waals surface area contributed by atoms with Crippen molar-refractivity contribution in [1.29, 1.82) is 0 Å². The Hall–Kier alpha value is -2.82. The Morgan fingerprint density at radius 1 is 1.17 bits per heavy atom. The first-order chi connectivity index (χ1) is 11.1. The van der Waals surface area contributed by atoms with E-state index in [4.69, 9.17) is 0 Å². The van der Waals surface area contributed by atoms with E-state index >= 15 is 0 Å². The minimum absolute atomic E-state index is 0.0288. The molecular weight excluding hydrogens is 290 g/mol. The van der Waals surface area contributed by atoms with E-state index in [1.54, 1.807) is 0 Å². The molecule has 0 unspecified atom stereocenters. The number of amides is 2. The van der Waals surface area contributed by atoms with Crippen LogP contribution >= 0.6 is 0 Å². The Kier molecular flexibility index (Phi) is 4.28. The summed E-state index contributed by atoms with van der Waals surface area (Å²) in [6.45, 7) is 2.73. The highest BCUT2D eigenvalue weighted by molar-refractivity contribution is 5.99. The number of anilines is 3. The molecule has 0 bridgehead atoms. The summed E-state index contributed by atoms with van der Waals surface area (Å²) in [5.74, 6) is -0.128. The first-order valence-electron chi connectivity index (χ1n) is 7.62. The number of benzene rings is 2. The van der Waals surface area contributed by atoms with E-state index in [2.05, 4.69) is 10.6 Å². The predicted molar refractivity (Wildman–Crippen MR) is 91.7 cm³/mol. The van der Waals surface area contributed by atoms with Crippen LogP contribution in [0.5, 0.6) is 0 Å². The van der Waals surface area contributed by atoms with Crippen molar-refractivity contribution in [2.75, 3.05) is 28.6 Å². The van der Waals surface area contributed by atoms with Crippen molar-refractivity contribution in [3.05, 3.63) is 54.1 Å². The maximum Gasteiger partial charge on any atom is 0.243 e. The van der Waals surface area contributed by atoms with Crippen LogP contribution in [0.15, 0.2) is 48.5 Å². The van der Waals surface area contributed by atoms with Crippen LogP contribution in [-0.4, -0.2) is 24.9 Å². The van der Waals surface area contributed by atoms with Gasteiger partial charge in [-0.2, -0.15) is 0 Å². The van der Waals surface area contributed by atoms with Gasteiger partial charge in [0.05, 0.1) is 17.9 Å². The number of carbonyl (C=O) groups is 2. The summed E-state index contributed by atoms with van der Waals surface area (Å²) in [4.78, 5) is 26.0. The molecular formula is C18H19N3O2. The summed E-state index contributed by atoms with van der Waals surface area (Å²) in [6, 6.07) is 15.2. The average Bonchev–Trinajstić information content (AvgIpc) is 2.69. The summed E-state index contributed by atoms with van der Waals surface area (Å²) >= 11 is 0. The second-order valence-electron chi connectivity index (χ2n) is 5.65. The molecule has 2 aromatic carbocycles. The van der Waals surface area contributed by atoms with E-state index in [-0.39, 0.29) is 18.4 Å². The van der Waals surface area contributed by atoms with E-state index < -0.39 is 0 Å². The summed E-state index contributed by atoms with van der Waals surface area (Å²) in [5.41, 5.74) is 3.54. The normalized spacial score (nSPS) is 13.8. The van der Waals surface area contributed by atoms with E-state index in [0.717, 1.165) is 22.6 Å². The van der Waals surface area contributed by atoms with E-state index in [1.165, 1.54) is 0 Å². The van der Waals surface area contributed by atoms with Crippen molar-refractivity contribution in [2.24, 2.45) is 0 Å². The molecule has 0 aliphatic carbocycles. The highest BCUT2D eigenvalue weighted by atomic mass is 16.2. The molecule has 0 radical (unpaired) electrons. The number of nitrogens with one attached hydrogen (secondary N) is 2. The molecule has 0 spiro atoms. The highest BCUT2D eigenvalue weighted by Crippen LogP contribution is 2.28. The molecule has 2 amide bonds. The standard InChI is InChI=1S/C18H19N3O2/c1-13-6-8-14(9-7-13)19-18(23)12-21-11-10-17(22)20-15-4-2-3-5-16(15)21/h2-9H,10-12H2,1H3,(H,19,23)(H,20,22). The van der Waals surface area contributed by atoms with Gasteiger partial charge in [-0.05, 0) is 31.2 Å². The SMILES string of the molecule is Cc1ccc(NC(=O)CN2CCC(=O)Nc3ccccc32)cc1. The molecule has 0 saturated carbocycles. The number of rotatable bonds is 3. The van der Waals surface area contributed by atoms with Crippen molar-refractivity contribution in [3.63, 3.8) is 0 Å². The van der Waals surface area contributed by atoms with Crippen LogP contribution in [0.25, 0.3) is 0 Å². The van der Waals surface area contributed by atoms with Crippen molar-refractivity contribution >= 4 is 28.9 Å². The first-order valence-corrected chi connectivity index (χ1v) is 7.62. The van der Waals surface area contributed by atoms with Gasteiger partial charge in [0.2, 0.25) is 11.8 Å². The van der Waals surface area contributed by atoms with Gasteiger partial charge in [-0.3, -0.25) is 9.59 Å². The lowest BCUT2D eigenvalue weighted by molar-refractivity contribution is -0.117. The van der Waals surface area contributed by atoms with Gasteiger partial charge >= 0.3 is 0 Å². The number of hydrogen-bond acceptors (Lipinski definition) is 3. The Bertz CT molecular complexity index is 725. The topological polar surface area (TPSA) is 61.4 Å². The molecule has 5 nitrogen and oxygen atoms in total. The van der Waals surface area contributed by atoms with Crippen molar-refractivity contribution < 1.29 is 9.59 Å². The molecule has 118 valence electrons. The molecule has 1 aliphatic rings. The number of carbonyl (C=O) groups excluding carboxylic acids is 2. The van der Waals surface area contributed by atoms with E-state index in [0.29, 0.717) is 13.0 Å². The minimum atomic E-state index is -0.0991. The van der Waals surface area contributed by atoms with Gasteiger partial charge in [0, 0.05) is 18.7 Å². The van der Waals surface area contributed by atoms with Crippen LogP contribution in [0.2, 0.25) is 0 Å². The number of para-hydroxylation sites is 2. The number of fused-ring (bicyclic) bond motifs is 1. The zero-order chi connectivity index (χ0) is 16.2. The Labute approximate surface area is 135 Å². The summed E-state index contributed by atoms with van der Waals surface area (Å²) in [7, 11) is 0. The van der Waals surface area contributed by atoms with Gasteiger partial charge in [-0.15, -0.1) is 0 Å². The zero-order valence-corrected chi connectivity index (χ0v) is 13.0. The third kappa shape index (κ3) is 3.69. The molecule has 23 heavy (non-hydrogen) atoms. The largest absolute Gasteiger partial charge is 0.360 e. The van der Waals surface area contributed by atoms with Crippen LogP contribution in [0.1, 0.15) is 12.0 Å². The lowest BCUT2D eigenvalue weighted by atomic mass is 10.2. The second kappa shape index (κ2) is 6.52. The molecule has 2 N–H and O–H groups in total.